The molecule has 0 saturated carbocycles. The molecule has 0 aliphatic carbocycles. The molecule has 0 atom stereocenters. The lowest BCUT2D eigenvalue weighted by Crippen LogP contribution is -2.07. The molecule has 3 rings (SSSR count). The van der Waals surface area contributed by atoms with E-state index in [1.807, 2.05) is 0 Å². The molecule has 30 heavy (non-hydrogen) atoms. The number of aromatic nitrogens is 2. The molecule has 0 aliphatic heterocycles. The standard InChI is InChI=1S/C22H18F2N2O4/c1-3-20(27)29-18-7-5-13(9-16(18)23)15-11-25-22(26-12-15)14-6-8-19(17(24)10-14)30-21(28)4-2/h5-12H,3-4H2,1-2H3. The highest BCUT2D eigenvalue weighted by Gasteiger charge is 2.13. The summed E-state index contributed by atoms with van der Waals surface area (Å²) in [5.74, 6) is -2.52. The van der Waals surface area contributed by atoms with Crippen molar-refractivity contribution in [1.82, 2.24) is 9.97 Å². The van der Waals surface area contributed by atoms with E-state index in [1.165, 1.54) is 42.7 Å². The van der Waals surface area contributed by atoms with Crippen molar-refractivity contribution < 1.29 is 27.8 Å². The Balaban J connectivity index is 1.80. The number of carbonyl (C=O) groups is 2. The van der Waals surface area contributed by atoms with Crippen molar-refractivity contribution in [3.63, 3.8) is 0 Å². The van der Waals surface area contributed by atoms with Crippen molar-refractivity contribution in [3.05, 3.63) is 60.4 Å². The Morgan fingerprint density at radius 3 is 1.70 bits per heavy atom. The molecule has 1 heterocycles. The second-order valence-corrected chi connectivity index (χ2v) is 6.24. The van der Waals surface area contributed by atoms with Crippen LogP contribution in [0.4, 0.5) is 8.78 Å². The highest BCUT2D eigenvalue weighted by molar-refractivity contribution is 5.73. The minimum atomic E-state index is -0.707. The smallest absolute Gasteiger partial charge is 0.310 e. The second kappa shape index (κ2) is 9.21. The van der Waals surface area contributed by atoms with Gasteiger partial charge >= 0.3 is 11.9 Å². The summed E-state index contributed by atoms with van der Waals surface area (Å²) in [7, 11) is 0. The first-order chi connectivity index (χ1) is 14.4. The summed E-state index contributed by atoms with van der Waals surface area (Å²) in [4.78, 5) is 31.0. The van der Waals surface area contributed by atoms with E-state index in [1.54, 1.807) is 19.9 Å². The molecule has 0 saturated heterocycles. The van der Waals surface area contributed by atoms with Crippen molar-refractivity contribution in [3.8, 4) is 34.0 Å². The van der Waals surface area contributed by atoms with Gasteiger partial charge < -0.3 is 9.47 Å². The topological polar surface area (TPSA) is 78.4 Å². The number of carbonyl (C=O) groups excluding carboxylic acids is 2. The van der Waals surface area contributed by atoms with Gasteiger partial charge in [0.2, 0.25) is 0 Å². The van der Waals surface area contributed by atoms with Crippen molar-refractivity contribution in [1.29, 1.82) is 0 Å². The van der Waals surface area contributed by atoms with Crippen LogP contribution >= 0.6 is 0 Å². The number of nitrogens with zero attached hydrogens (tertiary/aromatic N) is 2. The van der Waals surface area contributed by atoms with Gasteiger partial charge in [-0.05, 0) is 35.9 Å². The zero-order chi connectivity index (χ0) is 21.7. The lowest BCUT2D eigenvalue weighted by atomic mass is 10.1. The van der Waals surface area contributed by atoms with E-state index in [0.29, 0.717) is 16.7 Å². The Hall–Kier alpha value is -3.68. The maximum atomic E-state index is 14.2. The SMILES string of the molecule is CCC(=O)Oc1ccc(-c2cnc(-c3ccc(OC(=O)CC)c(F)c3)nc2)cc1F. The molecule has 0 bridgehead atoms. The quantitative estimate of drug-likeness (QED) is 0.431. The fourth-order valence-electron chi connectivity index (χ4n) is 2.50. The molecule has 0 radical (unpaired) electrons. The molecule has 8 heteroatoms. The molecule has 2 aromatic carbocycles. The van der Waals surface area contributed by atoms with Gasteiger partial charge in [0, 0.05) is 36.4 Å². The fourth-order valence-corrected chi connectivity index (χ4v) is 2.50. The van der Waals surface area contributed by atoms with Crippen LogP contribution in [0, 0.1) is 11.6 Å². The average Bonchev–Trinajstić information content (AvgIpc) is 2.76. The number of esters is 2. The molecule has 154 valence electrons. The fraction of sp³-hybridized carbons (Fsp3) is 0.182. The Labute approximate surface area is 171 Å². The first-order valence-corrected chi connectivity index (χ1v) is 9.24. The van der Waals surface area contributed by atoms with Crippen LogP contribution in [0.5, 0.6) is 11.5 Å². The number of benzene rings is 2. The molecule has 0 unspecified atom stereocenters. The second-order valence-electron chi connectivity index (χ2n) is 6.24. The van der Waals surface area contributed by atoms with Crippen LogP contribution in [0.25, 0.3) is 22.5 Å². The molecule has 0 spiro atoms. The molecule has 0 fully saturated rings. The normalized spacial score (nSPS) is 10.5. The maximum Gasteiger partial charge on any atom is 0.310 e. The number of halogens is 2. The summed E-state index contributed by atoms with van der Waals surface area (Å²) in [5, 5.41) is 0. The van der Waals surface area contributed by atoms with Crippen LogP contribution < -0.4 is 9.47 Å². The molecule has 6 nitrogen and oxygen atoms in total. The van der Waals surface area contributed by atoms with Gasteiger partial charge in [-0.15, -0.1) is 0 Å². The summed E-state index contributed by atoms with van der Waals surface area (Å²) in [6.07, 6.45) is 3.21. The predicted octanol–water partition coefficient (Wildman–Crippen LogP) is 4.72. The van der Waals surface area contributed by atoms with Crippen LogP contribution in [0.15, 0.2) is 48.8 Å². The van der Waals surface area contributed by atoms with Crippen LogP contribution in [0.2, 0.25) is 0 Å². The lowest BCUT2D eigenvalue weighted by molar-refractivity contribution is -0.135. The highest BCUT2D eigenvalue weighted by Crippen LogP contribution is 2.27. The summed E-state index contributed by atoms with van der Waals surface area (Å²) in [5.41, 5.74) is 1.41. The van der Waals surface area contributed by atoms with Gasteiger partial charge in [0.05, 0.1) is 0 Å². The van der Waals surface area contributed by atoms with Gasteiger partial charge in [-0.2, -0.15) is 0 Å². The zero-order valence-electron chi connectivity index (χ0n) is 16.3. The number of rotatable bonds is 6. The van der Waals surface area contributed by atoms with Gasteiger partial charge in [-0.3, -0.25) is 9.59 Å². The largest absolute Gasteiger partial charge is 0.423 e. The molecule has 0 aliphatic rings. The van der Waals surface area contributed by atoms with Crippen molar-refractivity contribution in [2.45, 2.75) is 26.7 Å². The number of hydrogen-bond donors (Lipinski definition) is 0. The summed E-state index contributed by atoms with van der Waals surface area (Å²) < 4.78 is 38.1. The van der Waals surface area contributed by atoms with E-state index in [0.717, 1.165) is 0 Å². The Kier molecular flexibility index (Phi) is 6.46. The van der Waals surface area contributed by atoms with Crippen LogP contribution in [0.3, 0.4) is 0 Å². The van der Waals surface area contributed by atoms with E-state index in [-0.39, 0.29) is 30.2 Å². The van der Waals surface area contributed by atoms with Crippen molar-refractivity contribution >= 4 is 11.9 Å². The van der Waals surface area contributed by atoms with Crippen LogP contribution in [0.1, 0.15) is 26.7 Å². The highest BCUT2D eigenvalue weighted by atomic mass is 19.1. The third-order valence-corrected chi connectivity index (χ3v) is 4.13. The third kappa shape index (κ3) is 4.83. The summed E-state index contributed by atoms with van der Waals surface area (Å²) in [6, 6.07) is 8.19. The molecular weight excluding hydrogens is 394 g/mol. The zero-order valence-corrected chi connectivity index (χ0v) is 16.3. The first-order valence-electron chi connectivity index (χ1n) is 9.24. The lowest BCUT2D eigenvalue weighted by Gasteiger charge is -2.08. The minimum Gasteiger partial charge on any atom is -0.423 e. The van der Waals surface area contributed by atoms with Gasteiger partial charge in [0.1, 0.15) is 0 Å². The predicted molar refractivity (Wildman–Crippen MR) is 105 cm³/mol. The molecule has 1 aromatic heterocycles. The molecule has 3 aromatic rings. The Morgan fingerprint density at radius 1 is 0.767 bits per heavy atom. The molecule has 0 amide bonds. The summed E-state index contributed by atoms with van der Waals surface area (Å²) >= 11 is 0. The van der Waals surface area contributed by atoms with Crippen LogP contribution in [-0.4, -0.2) is 21.9 Å². The van der Waals surface area contributed by atoms with E-state index >= 15 is 0 Å². The number of ether oxygens (including phenoxy) is 2. The Morgan fingerprint density at radius 2 is 1.23 bits per heavy atom. The van der Waals surface area contributed by atoms with Gasteiger partial charge in [0.15, 0.2) is 29.0 Å². The molecular formula is C22H18F2N2O4. The average molecular weight is 412 g/mol. The van der Waals surface area contributed by atoms with Crippen LogP contribution in [-0.2, 0) is 9.59 Å². The Bertz CT molecular complexity index is 998. The minimum absolute atomic E-state index is 0.133. The van der Waals surface area contributed by atoms with E-state index in [4.69, 9.17) is 9.47 Å². The van der Waals surface area contributed by atoms with Crippen molar-refractivity contribution in [2.75, 3.05) is 0 Å². The van der Waals surface area contributed by atoms with Gasteiger partial charge in [-0.1, -0.05) is 19.9 Å². The van der Waals surface area contributed by atoms with Gasteiger partial charge in [-0.25, -0.2) is 18.7 Å². The van der Waals surface area contributed by atoms with E-state index in [9.17, 15) is 18.4 Å². The molecule has 0 N–H and O–H groups in total. The number of hydrogen-bond acceptors (Lipinski definition) is 6. The van der Waals surface area contributed by atoms with Gasteiger partial charge in [0.25, 0.3) is 0 Å². The van der Waals surface area contributed by atoms with E-state index < -0.39 is 23.6 Å². The van der Waals surface area contributed by atoms with Crippen molar-refractivity contribution in [2.24, 2.45) is 0 Å². The maximum absolute atomic E-state index is 14.2. The van der Waals surface area contributed by atoms with E-state index in [2.05, 4.69) is 9.97 Å². The third-order valence-electron chi connectivity index (χ3n) is 4.13. The summed E-state index contributed by atoms with van der Waals surface area (Å²) in [6.45, 7) is 3.23. The monoisotopic (exact) mass is 412 g/mol. The first kappa shape index (κ1) is 21.0.